The van der Waals surface area contributed by atoms with Gasteiger partial charge in [0.2, 0.25) is 0 Å². The predicted octanol–water partition coefficient (Wildman–Crippen LogP) is 4.38. The number of hydrogen-bond donors (Lipinski definition) is 1. The molecule has 5 heteroatoms. The predicted molar refractivity (Wildman–Crippen MR) is 114 cm³/mol. The number of rotatable bonds is 6. The van der Waals surface area contributed by atoms with Gasteiger partial charge in [0.1, 0.15) is 0 Å². The molecule has 3 rings (SSSR count). The van der Waals surface area contributed by atoms with E-state index in [0.29, 0.717) is 18.2 Å². The third-order valence-electron chi connectivity index (χ3n) is 4.07. The number of hydrogen-bond acceptors (Lipinski definition) is 3. The third-order valence-corrected chi connectivity index (χ3v) is 4.42. The molecule has 0 saturated carbocycles. The molecule has 3 aromatic rings. The highest BCUT2D eigenvalue weighted by Gasteiger charge is 2.11. The lowest BCUT2D eigenvalue weighted by atomic mass is 10.2. The molecule has 0 radical (unpaired) electrons. The zero-order chi connectivity index (χ0) is 18.9. The van der Waals surface area contributed by atoms with Crippen molar-refractivity contribution in [3.8, 4) is 0 Å². The summed E-state index contributed by atoms with van der Waals surface area (Å²) in [5, 5.41) is 5.00. The first-order valence-electron chi connectivity index (χ1n) is 8.81. The Morgan fingerprint density at radius 2 is 1.44 bits per heavy atom. The van der Waals surface area contributed by atoms with E-state index >= 15 is 0 Å². The van der Waals surface area contributed by atoms with Crippen LogP contribution in [0.5, 0.6) is 0 Å². The fourth-order valence-corrected chi connectivity index (χ4v) is 2.82. The maximum Gasteiger partial charge on any atom is 0.190 e. The lowest BCUT2D eigenvalue weighted by Gasteiger charge is -2.25. The van der Waals surface area contributed by atoms with Crippen LogP contribution in [0.4, 0.5) is 0 Å². The number of nitrogens with one attached hydrogen (secondary N) is 1. The van der Waals surface area contributed by atoms with Crippen LogP contribution < -0.4 is 5.43 Å². The Morgan fingerprint density at radius 1 is 0.889 bits per heavy atom. The van der Waals surface area contributed by atoms with E-state index in [-0.39, 0.29) is 0 Å². The van der Waals surface area contributed by atoms with Crippen LogP contribution in [0.1, 0.15) is 23.7 Å². The van der Waals surface area contributed by atoms with Crippen LogP contribution in [-0.2, 0) is 13.1 Å². The SMILES string of the molecule is C/C(=N\NC(=S)N(Cc1ccccc1)Cc1ccccc1)c1ccccn1. The third kappa shape index (κ3) is 5.72. The van der Waals surface area contributed by atoms with Crippen molar-refractivity contribution in [2.75, 3.05) is 0 Å². The number of benzene rings is 2. The Balaban J connectivity index is 1.73. The lowest BCUT2D eigenvalue weighted by Crippen LogP contribution is -2.37. The molecule has 0 unspecified atom stereocenters. The van der Waals surface area contributed by atoms with Gasteiger partial charge >= 0.3 is 0 Å². The van der Waals surface area contributed by atoms with Crippen LogP contribution in [-0.4, -0.2) is 20.7 Å². The Hall–Kier alpha value is -3.05. The minimum absolute atomic E-state index is 0.581. The van der Waals surface area contributed by atoms with Crippen molar-refractivity contribution >= 4 is 23.0 Å². The summed E-state index contributed by atoms with van der Waals surface area (Å²) in [6.45, 7) is 3.33. The molecule has 1 heterocycles. The molecule has 0 bridgehead atoms. The maximum absolute atomic E-state index is 5.63. The average Bonchev–Trinajstić information content (AvgIpc) is 2.73. The molecular weight excluding hydrogens is 352 g/mol. The summed E-state index contributed by atoms with van der Waals surface area (Å²) in [5.74, 6) is 0. The molecule has 0 atom stereocenters. The molecule has 0 amide bonds. The largest absolute Gasteiger partial charge is 0.339 e. The first-order chi connectivity index (χ1) is 13.2. The van der Waals surface area contributed by atoms with Crippen molar-refractivity contribution in [3.05, 3.63) is 102 Å². The highest BCUT2D eigenvalue weighted by Crippen LogP contribution is 2.10. The van der Waals surface area contributed by atoms with Crippen LogP contribution in [0.25, 0.3) is 0 Å². The van der Waals surface area contributed by atoms with Gasteiger partial charge in [-0.3, -0.25) is 10.4 Å². The van der Waals surface area contributed by atoms with Crippen LogP contribution in [0.3, 0.4) is 0 Å². The molecule has 4 nitrogen and oxygen atoms in total. The van der Waals surface area contributed by atoms with Crippen LogP contribution in [0.2, 0.25) is 0 Å². The number of aromatic nitrogens is 1. The van der Waals surface area contributed by atoms with Crippen molar-refractivity contribution < 1.29 is 0 Å². The second-order valence-electron chi connectivity index (χ2n) is 6.16. The monoisotopic (exact) mass is 374 g/mol. The fourth-order valence-electron chi connectivity index (χ4n) is 2.64. The summed E-state index contributed by atoms with van der Waals surface area (Å²) in [7, 11) is 0. The Kier molecular flexibility index (Phi) is 6.66. The van der Waals surface area contributed by atoms with E-state index in [1.807, 2.05) is 61.5 Å². The van der Waals surface area contributed by atoms with Crippen LogP contribution >= 0.6 is 12.2 Å². The summed E-state index contributed by atoms with van der Waals surface area (Å²) in [6.07, 6.45) is 1.75. The zero-order valence-electron chi connectivity index (χ0n) is 15.2. The van der Waals surface area contributed by atoms with Gasteiger partial charge in [0.05, 0.1) is 11.4 Å². The average molecular weight is 375 g/mol. The molecule has 0 spiro atoms. The molecule has 2 aromatic carbocycles. The maximum atomic E-state index is 5.63. The smallest absolute Gasteiger partial charge is 0.190 e. The summed E-state index contributed by atoms with van der Waals surface area (Å²) < 4.78 is 0. The molecule has 136 valence electrons. The molecule has 27 heavy (non-hydrogen) atoms. The minimum atomic E-state index is 0.581. The number of hydrazone groups is 1. The number of thiocarbonyl (C=S) groups is 1. The molecule has 0 saturated heterocycles. The second kappa shape index (κ2) is 9.59. The topological polar surface area (TPSA) is 40.5 Å². The first-order valence-corrected chi connectivity index (χ1v) is 9.21. The molecule has 0 aliphatic carbocycles. The van der Waals surface area contributed by atoms with Gasteiger partial charge < -0.3 is 4.90 Å². The van der Waals surface area contributed by atoms with Crippen LogP contribution in [0, 0.1) is 0 Å². The van der Waals surface area contributed by atoms with E-state index < -0.39 is 0 Å². The van der Waals surface area contributed by atoms with Gasteiger partial charge in [-0.25, -0.2) is 0 Å². The molecule has 0 aliphatic heterocycles. The Labute approximate surface area is 165 Å². The van der Waals surface area contributed by atoms with Crippen LogP contribution in [0.15, 0.2) is 90.2 Å². The highest BCUT2D eigenvalue weighted by atomic mass is 32.1. The number of pyridine rings is 1. The molecule has 0 aliphatic rings. The van der Waals surface area contributed by atoms with Gasteiger partial charge in [0.25, 0.3) is 0 Å². The molecule has 0 fully saturated rings. The van der Waals surface area contributed by atoms with Gasteiger partial charge in [0, 0.05) is 19.3 Å². The van der Waals surface area contributed by atoms with E-state index in [4.69, 9.17) is 12.2 Å². The fraction of sp³-hybridized carbons (Fsp3) is 0.136. The quantitative estimate of drug-likeness (QED) is 0.395. The molecular formula is C22H22N4S. The van der Waals surface area contributed by atoms with Crippen molar-refractivity contribution in [3.63, 3.8) is 0 Å². The number of nitrogens with zero attached hydrogens (tertiary/aromatic N) is 3. The first kappa shape index (κ1) is 18.7. The zero-order valence-corrected chi connectivity index (χ0v) is 16.1. The summed E-state index contributed by atoms with van der Waals surface area (Å²) >= 11 is 5.63. The highest BCUT2D eigenvalue weighted by molar-refractivity contribution is 7.80. The second-order valence-corrected chi connectivity index (χ2v) is 6.54. The van der Waals surface area contributed by atoms with Gasteiger partial charge in [-0.1, -0.05) is 66.7 Å². The lowest BCUT2D eigenvalue weighted by molar-refractivity contribution is 0.400. The Bertz CT molecular complexity index is 838. The van der Waals surface area contributed by atoms with Crippen molar-refractivity contribution in [1.82, 2.24) is 15.3 Å². The van der Waals surface area contributed by atoms with E-state index in [0.717, 1.165) is 11.4 Å². The van der Waals surface area contributed by atoms with Crippen molar-refractivity contribution in [1.29, 1.82) is 0 Å². The summed E-state index contributed by atoms with van der Waals surface area (Å²) in [4.78, 5) is 6.42. The van der Waals surface area contributed by atoms with Gasteiger partial charge in [-0.15, -0.1) is 0 Å². The van der Waals surface area contributed by atoms with E-state index in [1.54, 1.807) is 6.20 Å². The Morgan fingerprint density at radius 3 is 1.96 bits per heavy atom. The summed E-state index contributed by atoms with van der Waals surface area (Å²) in [6, 6.07) is 26.3. The summed E-state index contributed by atoms with van der Waals surface area (Å²) in [5.41, 5.74) is 7.03. The molecule has 1 N–H and O–H groups in total. The van der Waals surface area contributed by atoms with Gasteiger partial charge in [0.15, 0.2) is 5.11 Å². The minimum Gasteiger partial charge on any atom is -0.339 e. The van der Waals surface area contributed by atoms with Crippen molar-refractivity contribution in [2.24, 2.45) is 5.10 Å². The van der Waals surface area contributed by atoms with Crippen molar-refractivity contribution in [2.45, 2.75) is 20.0 Å². The van der Waals surface area contributed by atoms with E-state index in [2.05, 4.69) is 44.7 Å². The normalized spacial score (nSPS) is 11.1. The standard InChI is InChI=1S/C22H22N4S/c1-18(21-14-8-9-15-23-21)24-25-22(27)26(16-19-10-4-2-5-11-19)17-20-12-6-3-7-13-20/h2-15H,16-17H2,1H3,(H,25,27)/b24-18+. The van der Waals surface area contributed by atoms with E-state index in [9.17, 15) is 0 Å². The molecule has 1 aromatic heterocycles. The van der Waals surface area contributed by atoms with Gasteiger partial charge in [-0.05, 0) is 42.4 Å². The van der Waals surface area contributed by atoms with E-state index in [1.165, 1.54) is 11.1 Å². The van der Waals surface area contributed by atoms with Gasteiger partial charge in [-0.2, -0.15) is 5.10 Å².